The molecule has 2 aromatic rings. The molecule has 0 spiro atoms. The number of rotatable bonds is 5. The monoisotopic (exact) mass is 363 g/mol. The maximum absolute atomic E-state index is 12.8. The zero-order valence-corrected chi connectivity index (χ0v) is 15.4. The van der Waals surface area contributed by atoms with Crippen LogP contribution in [0.1, 0.15) is 52.0 Å². The molecule has 1 aliphatic carbocycles. The fraction of sp³-hybridized carbons (Fsp3) is 0.409. The molecule has 1 aromatic heterocycles. The Kier molecular flexibility index (Phi) is 5.19. The summed E-state index contributed by atoms with van der Waals surface area (Å²) in [6.07, 6.45) is 8.26. The van der Waals surface area contributed by atoms with Crippen LogP contribution in [0.2, 0.25) is 0 Å². The topological polar surface area (TPSA) is 62.3 Å². The zero-order chi connectivity index (χ0) is 18.6. The highest BCUT2D eigenvalue weighted by Crippen LogP contribution is 2.23. The molecule has 0 radical (unpaired) electrons. The molecule has 2 aliphatic rings. The Balaban J connectivity index is 1.34. The lowest BCUT2D eigenvalue weighted by Crippen LogP contribution is -2.39. The van der Waals surface area contributed by atoms with E-state index in [2.05, 4.69) is 34.6 Å². The number of pyridine rings is 1. The molecule has 1 aromatic carbocycles. The molecule has 4 rings (SSSR count). The lowest BCUT2D eigenvalue weighted by molar-refractivity contribution is 0.0690. The van der Waals surface area contributed by atoms with Gasteiger partial charge in [0.05, 0.1) is 11.1 Å². The zero-order valence-electron chi connectivity index (χ0n) is 15.4. The smallest absolute Gasteiger partial charge is 0.255 e. The van der Waals surface area contributed by atoms with Gasteiger partial charge in [-0.05, 0) is 49.7 Å². The maximum atomic E-state index is 12.8. The molecule has 2 amide bonds. The molecule has 0 unspecified atom stereocenters. The average molecular weight is 363 g/mol. The first-order chi connectivity index (χ1) is 13.2. The minimum atomic E-state index is -0.138. The van der Waals surface area contributed by atoms with Gasteiger partial charge in [0.15, 0.2) is 0 Å². The summed E-state index contributed by atoms with van der Waals surface area (Å²) in [6.45, 7) is 1.52. The predicted octanol–water partition coefficient (Wildman–Crippen LogP) is 3.07. The average Bonchev–Trinajstić information content (AvgIpc) is 3.53. The normalized spacial score (nSPS) is 17.6. The number of hydrogen-bond acceptors (Lipinski definition) is 3. The molecule has 5 heteroatoms. The first-order valence-electron chi connectivity index (χ1n) is 9.78. The number of benzene rings is 1. The lowest BCUT2D eigenvalue weighted by Gasteiger charge is -2.32. The molecule has 1 aliphatic heterocycles. The number of amides is 2. The van der Waals surface area contributed by atoms with Crippen molar-refractivity contribution in [2.75, 3.05) is 13.1 Å². The van der Waals surface area contributed by atoms with Crippen LogP contribution in [-0.2, 0) is 6.42 Å². The van der Waals surface area contributed by atoms with E-state index < -0.39 is 0 Å². The van der Waals surface area contributed by atoms with E-state index in [9.17, 15) is 9.59 Å². The number of aromatic nitrogens is 1. The highest BCUT2D eigenvalue weighted by atomic mass is 16.2. The summed E-state index contributed by atoms with van der Waals surface area (Å²) in [5.74, 6) is 0.452. The van der Waals surface area contributed by atoms with Gasteiger partial charge in [-0.3, -0.25) is 14.6 Å². The van der Waals surface area contributed by atoms with Crippen LogP contribution in [0.4, 0.5) is 0 Å². The summed E-state index contributed by atoms with van der Waals surface area (Å²) in [5.41, 5.74) is 2.33. The fourth-order valence-corrected chi connectivity index (χ4v) is 3.65. The van der Waals surface area contributed by atoms with Crippen LogP contribution >= 0.6 is 0 Å². The highest BCUT2D eigenvalue weighted by molar-refractivity contribution is 5.99. The van der Waals surface area contributed by atoms with E-state index in [0.717, 1.165) is 45.2 Å². The second-order valence-electron chi connectivity index (χ2n) is 7.64. The van der Waals surface area contributed by atoms with Crippen LogP contribution in [0.15, 0.2) is 48.8 Å². The molecular formula is C22H25N3O2. The summed E-state index contributed by atoms with van der Waals surface area (Å²) in [4.78, 5) is 31.0. The van der Waals surface area contributed by atoms with Gasteiger partial charge in [-0.1, -0.05) is 30.3 Å². The second kappa shape index (κ2) is 7.91. The van der Waals surface area contributed by atoms with Crippen molar-refractivity contribution >= 4 is 11.8 Å². The number of hydrogen-bond donors (Lipinski definition) is 1. The number of likely N-dealkylation sites (tertiary alicyclic amines) is 1. The maximum Gasteiger partial charge on any atom is 0.255 e. The fourth-order valence-electron chi connectivity index (χ4n) is 3.65. The van der Waals surface area contributed by atoms with E-state index in [1.54, 1.807) is 12.3 Å². The second-order valence-corrected chi connectivity index (χ2v) is 7.64. The highest BCUT2D eigenvalue weighted by Gasteiger charge is 2.26. The Morgan fingerprint density at radius 2 is 1.70 bits per heavy atom. The Morgan fingerprint density at radius 1 is 1.00 bits per heavy atom. The van der Waals surface area contributed by atoms with Gasteiger partial charge in [0.2, 0.25) is 0 Å². The molecule has 1 N–H and O–H groups in total. The SMILES string of the molecule is O=C(NC1CC1)c1cncc(C(=O)N2CCC(Cc3ccccc3)CC2)c1. The summed E-state index contributed by atoms with van der Waals surface area (Å²) < 4.78 is 0. The third-order valence-electron chi connectivity index (χ3n) is 5.43. The molecule has 1 saturated carbocycles. The summed E-state index contributed by atoms with van der Waals surface area (Å²) >= 11 is 0. The van der Waals surface area contributed by atoms with Gasteiger partial charge in [-0.25, -0.2) is 0 Å². The third-order valence-corrected chi connectivity index (χ3v) is 5.43. The van der Waals surface area contributed by atoms with Crippen molar-refractivity contribution in [1.82, 2.24) is 15.2 Å². The Hall–Kier alpha value is -2.69. The van der Waals surface area contributed by atoms with Crippen molar-refractivity contribution in [2.45, 2.75) is 38.1 Å². The molecule has 2 heterocycles. The molecule has 0 atom stereocenters. The summed E-state index contributed by atoms with van der Waals surface area (Å²) in [6, 6.07) is 12.5. The Labute approximate surface area is 159 Å². The Morgan fingerprint density at radius 3 is 2.41 bits per heavy atom. The molecule has 140 valence electrons. The van der Waals surface area contributed by atoms with Gasteiger partial charge in [0, 0.05) is 31.5 Å². The van der Waals surface area contributed by atoms with Gasteiger partial charge in [-0.15, -0.1) is 0 Å². The molecule has 27 heavy (non-hydrogen) atoms. The molecular weight excluding hydrogens is 338 g/mol. The van der Waals surface area contributed by atoms with Crippen molar-refractivity contribution in [3.63, 3.8) is 0 Å². The predicted molar refractivity (Wildman–Crippen MR) is 103 cm³/mol. The van der Waals surface area contributed by atoms with Crippen molar-refractivity contribution < 1.29 is 9.59 Å². The molecule has 2 fully saturated rings. The van der Waals surface area contributed by atoms with Gasteiger partial charge in [0.1, 0.15) is 0 Å². The van der Waals surface area contributed by atoms with Crippen molar-refractivity contribution in [3.05, 3.63) is 65.5 Å². The quantitative estimate of drug-likeness (QED) is 0.888. The van der Waals surface area contributed by atoms with Gasteiger partial charge < -0.3 is 10.2 Å². The van der Waals surface area contributed by atoms with Crippen LogP contribution in [0.3, 0.4) is 0 Å². The Bertz CT molecular complexity index is 809. The van der Waals surface area contributed by atoms with Crippen LogP contribution in [0, 0.1) is 5.92 Å². The number of piperidine rings is 1. The molecule has 5 nitrogen and oxygen atoms in total. The number of carbonyl (C=O) groups excluding carboxylic acids is 2. The van der Waals surface area contributed by atoms with E-state index in [-0.39, 0.29) is 11.8 Å². The van der Waals surface area contributed by atoms with E-state index in [1.807, 2.05) is 11.0 Å². The number of nitrogens with one attached hydrogen (secondary N) is 1. The van der Waals surface area contributed by atoms with Gasteiger partial charge in [0.25, 0.3) is 11.8 Å². The summed E-state index contributed by atoms with van der Waals surface area (Å²) in [7, 11) is 0. The van der Waals surface area contributed by atoms with E-state index in [0.29, 0.717) is 23.1 Å². The number of carbonyl (C=O) groups is 2. The largest absolute Gasteiger partial charge is 0.349 e. The third kappa shape index (κ3) is 4.54. The van der Waals surface area contributed by atoms with E-state index >= 15 is 0 Å². The van der Waals surface area contributed by atoms with E-state index in [4.69, 9.17) is 0 Å². The van der Waals surface area contributed by atoms with Gasteiger partial charge >= 0.3 is 0 Å². The van der Waals surface area contributed by atoms with Crippen LogP contribution < -0.4 is 5.32 Å². The van der Waals surface area contributed by atoms with Crippen LogP contribution in [-0.4, -0.2) is 40.8 Å². The minimum absolute atomic E-state index is 0.0262. The lowest BCUT2D eigenvalue weighted by atomic mass is 9.90. The van der Waals surface area contributed by atoms with E-state index in [1.165, 1.54) is 11.8 Å². The first-order valence-corrected chi connectivity index (χ1v) is 9.78. The van der Waals surface area contributed by atoms with Crippen molar-refractivity contribution in [1.29, 1.82) is 0 Å². The molecule has 1 saturated heterocycles. The molecule has 0 bridgehead atoms. The van der Waals surface area contributed by atoms with Crippen molar-refractivity contribution in [3.8, 4) is 0 Å². The van der Waals surface area contributed by atoms with Crippen molar-refractivity contribution in [2.24, 2.45) is 5.92 Å². The van der Waals surface area contributed by atoms with Crippen LogP contribution in [0.5, 0.6) is 0 Å². The summed E-state index contributed by atoms with van der Waals surface area (Å²) in [5, 5.41) is 2.94. The van der Waals surface area contributed by atoms with Crippen LogP contribution in [0.25, 0.3) is 0 Å². The minimum Gasteiger partial charge on any atom is -0.349 e. The first kappa shape index (κ1) is 17.7. The van der Waals surface area contributed by atoms with Gasteiger partial charge in [-0.2, -0.15) is 0 Å². The standard InChI is InChI=1S/C22H25N3O2/c26-21(24-20-6-7-20)18-13-19(15-23-14-18)22(27)25-10-8-17(9-11-25)12-16-4-2-1-3-5-16/h1-5,13-15,17,20H,6-12H2,(H,24,26). The number of nitrogens with zero attached hydrogens (tertiary/aromatic N) is 2.